The third kappa shape index (κ3) is 6.87. The highest BCUT2D eigenvalue weighted by atomic mass is 35.5. The zero-order valence-corrected chi connectivity index (χ0v) is 28.9. The Morgan fingerprint density at radius 3 is 2.71 bits per heavy atom. The molecule has 4 aliphatic rings. The number of anilines is 1. The van der Waals surface area contributed by atoms with E-state index >= 15 is 0 Å². The first-order valence-electron chi connectivity index (χ1n) is 16.4. The van der Waals surface area contributed by atoms with E-state index in [-0.39, 0.29) is 34.8 Å². The number of hydrogen-bond donors (Lipinski definition) is 3. The number of amides is 1. The molecule has 2 fully saturated rings. The number of fused-ring (bicyclic) bond motifs is 2. The summed E-state index contributed by atoms with van der Waals surface area (Å²) in [5, 5.41) is 15.1. The van der Waals surface area contributed by atoms with Gasteiger partial charge in [-0.2, -0.15) is 0 Å². The lowest BCUT2D eigenvalue weighted by Gasteiger charge is -2.50. The smallest absolute Gasteiger partial charge is 0.264 e. The first-order valence-corrected chi connectivity index (χ1v) is 18.3. The summed E-state index contributed by atoms with van der Waals surface area (Å²) in [7, 11) is -2.10. The Morgan fingerprint density at radius 1 is 1.29 bits per heavy atom. The van der Waals surface area contributed by atoms with Gasteiger partial charge < -0.3 is 20.1 Å². The Labute approximate surface area is 274 Å². The van der Waals surface area contributed by atoms with Crippen LogP contribution in [-0.4, -0.2) is 63.1 Å². The van der Waals surface area contributed by atoms with Gasteiger partial charge in [0.1, 0.15) is 5.75 Å². The van der Waals surface area contributed by atoms with Crippen LogP contribution >= 0.6 is 11.6 Å². The minimum Gasteiger partial charge on any atom is -0.490 e. The van der Waals surface area contributed by atoms with Crippen molar-refractivity contribution in [2.75, 3.05) is 31.6 Å². The highest BCUT2D eigenvalue weighted by Gasteiger charge is 2.48. The summed E-state index contributed by atoms with van der Waals surface area (Å²) in [6.45, 7) is 13.7. The summed E-state index contributed by atoms with van der Waals surface area (Å²) in [4.78, 5) is 15.8. The van der Waals surface area contributed by atoms with Gasteiger partial charge in [0.15, 0.2) is 0 Å². The summed E-state index contributed by atoms with van der Waals surface area (Å²) in [6.07, 6.45) is 9.66. The van der Waals surface area contributed by atoms with Crippen molar-refractivity contribution in [3.8, 4) is 5.75 Å². The number of aliphatic hydroxyl groups is 1. The maximum atomic E-state index is 13.5. The van der Waals surface area contributed by atoms with Crippen molar-refractivity contribution in [2.24, 2.45) is 23.2 Å². The Morgan fingerprint density at radius 2 is 2.04 bits per heavy atom. The van der Waals surface area contributed by atoms with Crippen molar-refractivity contribution in [3.63, 3.8) is 0 Å². The zero-order valence-electron chi connectivity index (χ0n) is 27.4. The van der Waals surface area contributed by atoms with Gasteiger partial charge in [-0.3, -0.25) is 4.79 Å². The summed E-state index contributed by atoms with van der Waals surface area (Å²) in [5.74, 6) is 0.0951. The van der Waals surface area contributed by atoms with E-state index in [0.29, 0.717) is 43.3 Å². The lowest BCUT2D eigenvalue weighted by atomic mass is 9.63. The van der Waals surface area contributed by atoms with Crippen LogP contribution in [0.3, 0.4) is 0 Å². The molecule has 2 heterocycles. The van der Waals surface area contributed by atoms with Gasteiger partial charge in [-0.15, -0.1) is 0 Å². The van der Waals surface area contributed by atoms with Gasteiger partial charge in [0, 0.05) is 35.1 Å². The van der Waals surface area contributed by atoms with Crippen molar-refractivity contribution in [3.05, 3.63) is 58.7 Å². The van der Waals surface area contributed by atoms with Crippen LogP contribution < -0.4 is 19.7 Å². The average molecular weight is 660 g/mol. The van der Waals surface area contributed by atoms with E-state index in [1.807, 2.05) is 40.0 Å². The molecule has 248 valence electrons. The number of nitrogens with one attached hydrogen (secondary N) is 2. The normalized spacial score (nSPS) is 36.9. The topological polar surface area (TPSA) is 108 Å². The molecule has 5 rings (SSSR count). The van der Waals surface area contributed by atoms with Gasteiger partial charge in [-0.25, -0.2) is 13.1 Å². The van der Waals surface area contributed by atoms with E-state index in [1.165, 1.54) is 0 Å². The van der Waals surface area contributed by atoms with Gasteiger partial charge in [0.2, 0.25) is 10.0 Å². The van der Waals surface area contributed by atoms with Crippen molar-refractivity contribution < 1.29 is 23.1 Å². The van der Waals surface area contributed by atoms with Crippen molar-refractivity contribution in [1.29, 1.82) is 0 Å². The van der Waals surface area contributed by atoms with Gasteiger partial charge in [-0.05, 0) is 126 Å². The van der Waals surface area contributed by atoms with E-state index in [1.54, 1.807) is 25.1 Å². The highest BCUT2D eigenvalue weighted by Crippen LogP contribution is 2.50. The van der Waals surface area contributed by atoms with Crippen LogP contribution in [0.2, 0.25) is 0 Å². The first kappa shape index (κ1) is 34.0. The number of carbonyl (C=O) groups excluding carboxylic acids is 1. The molecule has 0 unspecified atom stereocenters. The number of halogens is 1. The summed E-state index contributed by atoms with van der Waals surface area (Å²) >= 11 is 6.44. The molecular formula is C35H50ClN3O5S. The summed E-state index contributed by atoms with van der Waals surface area (Å²) in [6, 6.07) is 5.11. The molecule has 45 heavy (non-hydrogen) atoms. The molecule has 7 atom stereocenters. The van der Waals surface area contributed by atoms with E-state index in [0.717, 1.165) is 48.9 Å². The van der Waals surface area contributed by atoms with Crippen molar-refractivity contribution >= 4 is 33.2 Å². The fourth-order valence-corrected chi connectivity index (χ4v) is 9.39. The molecule has 0 saturated heterocycles. The maximum Gasteiger partial charge on any atom is 0.264 e. The molecule has 3 N–H and O–H groups in total. The van der Waals surface area contributed by atoms with Gasteiger partial charge in [0.05, 0.1) is 23.1 Å². The predicted molar refractivity (Wildman–Crippen MR) is 181 cm³/mol. The predicted octanol–water partition coefficient (Wildman–Crippen LogP) is 5.92. The minimum absolute atomic E-state index is 0.0774. The lowest BCUT2D eigenvalue weighted by Crippen LogP contribution is -2.53. The molecule has 2 aliphatic carbocycles. The number of allylic oxidation sites excluding steroid dienone is 4. The standard InChI is InChI=1S/C35H50ClN3O5S/c1-7-28(36)16-25-9-8-14-35(23(25)3)20-39-19-27-10-12-30(27)34(5,41)18-29(37-6)15-22(2)24(4)45(42,43)38-33(40)26-11-13-32(44-21-35)31(39)17-26/h7,11,13,16-17,22,24,27,29-30,37,41H,3,8-10,12,14-15,18-21H2,1-2,4-6H3,(H,38,40)/b25-16-,28-7+/t22-,24+,27-,29-,30+,34-,35-/m0/s1. The fraction of sp³-hybridized carbons (Fsp3) is 0.629. The molecule has 1 aromatic carbocycles. The molecule has 1 amide bonds. The van der Waals surface area contributed by atoms with Crippen LogP contribution in [0.1, 0.15) is 83.0 Å². The van der Waals surface area contributed by atoms with Crippen LogP contribution in [0.4, 0.5) is 5.69 Å². The fourth-order valence-electron chi connectivity index (χ4n) is 7.98. The molecule has 2 bridgehead atoms. The lowest BCUT2D eigenvalue weighted by molar-refractivity contribution is -0.0791. The molecule has 1 spiro atoms. The maximum absolute atomic E-state index is 13.5. The number of hydrogen-bond acceptors (Lipinski definition) is 7. The molecule has 10 heteroatoms. The zero-order chi connectivity index (χ0) is 32.7. The van der Waals surface area contributed by atoms with Crippen molar-refractivity contribution in [1.82, 2.24) is 10.0 Å². The van der Waals surface area contributed by atoms with Crippen molar-refractivity contribution in [2.45, 2.75) is 89.5 Å². The quantitative estimate of drug-likeness (QED) is 0.362. The molecule has 0 aromatic heterocycles. The van der Waals surface area contributed by atoms with E-state index < -0.39 is 26.8 Å². The number of sulfonamides is 1. The van der Waals surface area contributed by atoms with Crippen LogP contribution in [0.25, 0.3) is 0 Å². The second-order valence-electron chi connectivity index (χ2n) is 14.2. The number of ether oxygens (including phenoxy) is 1. The van der Waals surface area contributed by atoms with Crippen LogP contribution in [0.15, 0.2) is 53.1 Å². The number of benzene rings is 1. The van der Waals surface area contributed by atoms with Crippen LogP contribution in [0.5, 0.6) is 5.75 Å². The Hall–Kier alpha value is -2.33. The Balaban J connectivity index is 1.58. The van der Waals surface area contributed by atoms with E-state index in [2.05, 4.69) is 21.5 Å². The third-order valence-corrected chi connectivity index (χ3v) is 13.4. The van der Waals surface area contributed by atoms with Gasteiger partial charge >= 0.3 is 0 Å². The Bertz CT molecular complexity index is 1490. The second-order valence-corrected chi connectivity index (χ2v) is 16.7. The molecule has 0 radical (unpaired) electrons. The molecule has 2 saturated carbocycles. The molecule has 2 aliphatic heterocycles. The highest BCUT2D eigenvalue weighted by molar-refractivity contribution is 7.90. The van der Waals surface area contributed by atoms with E-state index in [9.17, 15) is 18.3 Å². The molecular weight excluding hydrogens is 610 g/mol. The summed E-state index contributed by atoms with van der Waals surface area (Å²) in [5.41, 5.74) is 1.88. The monoisotopic (exact) mass is 659 g/mol. The SMILES string of the molecule is C=C1/C(=C\C(Cl)=C/C)CCC[C@]12COc1ccc3cc1N(C[C@@H]1CC[C@H]1[C@@](C)(O)C[C@@H](NC)C[C@H](C)[C@@H](C)S(=O)(=O)NC3=O)C2. The van der Waals surface area contributed by atoms with E-state index in [4.69, 9.17) is 16.3 Å². The number of carbonyl (C=O) groups is 1. The molecule has 1 aromatic rings. The molecule has 8 nitrogen and oxygen atoms in total. The van der Waals surface area contributed by atoms with Gasteiger partial charge in [-0.1, -0.05) is 31.2 Å². The van der Waals surface area contributed by atoms with Crippen LogP contribution in [0, 0.1) is 23.2 Å². The number of nitrogens with zero attached hydrogens (tertiary/aromatic N) is 1. The first-order chi connectivity index (χ1) is 21.2. The third-order valence-electron chi connectivity index (χ3n) is 11.2. The largest absolute Gasteiger partial charge is 0.490 e. The minimum atomic E-state index is -3.96. The average Bonchev–Trinajstić information content (AvgIpc) is 3.12. The summed E-state index contributed by atoms with van der Waals surface area (Å²) < 4.78 is 35.7. The van der Waals surface area contributed by atoms with Crippen LogP contribution in [-0.2, 0) is 10.0 Å². The Kier molecular flexibility index (Phi) is 9.87. The van der Waals surface area contributed by atoms with Gasteiger partial charge in [0.25, 0.3) is 5.91 Å². The number of rotatable bonds is 2. The second kappa shape index (κ2) is 13.1.